The summed E-state index contributed by atoms with van der Waals surface area (Å²) in [5, 5.41) is 12.0. The second-order valence-corrected chi connectivity index (χ2v) is 4.62. The number of nitrogens with zero attached hydrogens (tertiary/aromatic N) is 1. The second-order valence-electron chi connectivity index (χ2n) is 3.74. The number of thiophene rings is 1. The SMILES string of the molecule is CC(C)c1csc(-c2ccccn2)c1O. The Labute approximate surface area is 93.2 Å². The fraction of sp³-hybridized carbons (Fsp3) is 0.250. The molecular weight excluding hydrogens is 206 g/mol. The molecule has 78 valence electrons. The Balaban J connectivity index is 2.47. The number of aromatic nitrogens is 1. The van der Waals surface area contributed by atoms with Gasteiger partial charge in [-0.15, -0.1) is 11.3 Å². The topological polar surface area (TPSA) is 33.1 Å². The van der Waals surface area contributed by atoms with E-state index in [-0.39, 0.29) is 0 Å². The monoisotopic (exact) mass is 219 g/mol. The Morgan fingerprint density at radius 3 is 2.67 bits per heavy atom. The van der Waals surface area contributed by atoms with Crippen LogP contribution in [-0.4, -0.2) is 10.1 Å². The van der Waals surface area contributed by atoms with Crippen LogP contribution in [0.1, 0.15) is 25.3 Å². The third-order valence-corrected chi connectivity index (χ3v) is 3.32. The summed E-state index contributed by atoms with van der Waals surface area (Å²) in [6.07, 6.45) is 1.74. The molecule has 0 amide bonds. The van der Waals surface area contributed by atoms with Crippen LogP contribution in [0.15, 0.2) is 29.8 Å². The lowest BCUT2D eigenvalue weighted by atomic mass is 10.1. The molecule has 0 saturated heterocycles. The predicted octanol–water partition coefficient (Wildman–Crippen LogP) is 3.64. The summed E-state index contributed by atoms with van der Waals surface area (Å²) in [4.78, 5) is 5.09. The standard InChI is InChI=1S/C12H13NOS/c1-8(2)9-7-15-12(11(9)14)10-5-3-4-6-13-10/h3-8,14H,1-2H3. The van der Waals surface area contributed by atoms with Gasteiger partial charge in [0.2, 0.25) is 0 Å². The van der Waals surface area contributed by atoms with Crippen LogP contribution < -0.4 is 0 Å². The number of pyridine rings is 1. The number of aromatic hydroxyl groups is 1. The Hall–Kier alpha value is -1.35. The Bertz CT molecular complexity index is 448. The molecule has 0 aliphatic rings. The maximum absolute atomic E-state index is 10.0. The van der Waals surface area contributed by atoms with Gasteiger partial charge in [0.1, 0.15) is 5.75 Å². The zero-order chi connectivity index (χ0) is 10.8. The van der Waals surface area contributed by atoms with E-state index < -0.39 is 0 Å². The average Bonchev–Trinajstić information content (AvgIpc) is 2.61. The molecule has 2 aromatic rings. The van der Waals surface area contributed by atoms with Gasteiger partial charge in [-0.05, 0) is 23.4 Å². The van der Waals surface area contributed by atoms with Crippen LogP contribution in [0, 0.1) is 0 Å². The molecule has 2 rings (SSSR count). The molecule has 0 spiro atoms. The minimum absolute atomic E-state index is 0.346. The first kappa shape index (κ1) is 10.2. The maximum Gasteiger partial charge on any atom is 0.139 e. The van der Waals surface area contributed by atoms with Crippen molar-refractivity contribution < 1.29 is 5.11 Å². The molecule has 0 radical (unpaired) electrons. The smallest absolute Gasteiger partial charge is 0.139 e. The van der Waals surface area contributed by atoms with E-state index in [9.17, 15) is 5.11 Å². The minimum atomic E-state index is 0.346. The van der Waals surface area contributed by atoms with Crippen molar-refractivity contribution in [2.75, 3.05) is 0 Å². The Morgan fingerprint density at radius 2 is 2.13 bits per heavy atom. The lowest BCUT2D eigenvalue weighted by molar-refractivity contribution is 0.469. The summed E-state index contributed by atoms with van der Waals surface area (Å²) < 4.78 is 0. The van der Waals surface area contributed by atoms with Crippen LogP contribution in [-0.2, 0) is 0 Å². The Morgan fingerprint density at radius 1 is 1.33 bits per heavy atom. The van der Waals surface area contributed by atoms with Crippen LogP contribution in [0.4, 0.5) is 0 Å². The lowest BCUT2D eigenvalue weighted by Gasteiger charge is -2.03. The number of hydrogen-bond acceptors (Lipinski definition) is 3. The first-order chi connectivity index (χ1) is 7.20. The Kier molecular flexibility index (Phi) is 2.73. The highest BCUT2D eigenvalue weighted by Gasteiger charge is 2.14. The molecular formula is C12H13NOS. The van der Waals surface area contributed by atoms with E-state index in [1.165, 1.54) is 0 Å². The molecule has 2 nitrogen and oxygen atoms in total. The van der Waals surface area contributed by atoms with Crippen molar-refractivity contribution in [1.29, 1.82) is 0 Å². The highest BCUT2D eigenvalue weighted by Crippen LogP contribution is 2.40. The van der Waals surface area contributed by atoms with Gasteiger partial charge in [-0.25, -0.2) is 0 Å². The van der Waals surface area contributed by atoms with Crippen molar-refractivity contribution in [3.63, 3.8) is 0 Å². The fourth-order valence-electron chi connectivity index (χ4n) is 1.45. The highest BCUT2D eigenvalue weighted by molar-refractivity contribution is 7.14. The van der Waals surface area contributed by atoms with Gasteiger partial charge in [0, 0.05) is 11.8 Å². The van der Waals surface area contributed by atoms with E-state index in [1.54, 1.807) is 17.5 Å². The summed E-state index contributed by atoms with van der Waals surface area (Å²) in [5.41, 5.74) is 1.84. The van der Waals surface area contributed by atoms with Gasteiger partial charge in [-0.3, -0.25) is 4.98 Å². The molecule has 0 bridgehead atoms. The van der Waals surface area contributed by atoms with Crippen LogP contribution >= 0.6 is 11.3 Å². The molecule has 2 heterocycles. The maximum atomic E-state index is 10.0. The van der Waals surface area contributed by atoms with Crippen LogP contribution in [0.2, 0.25) is 0 Å². The van der Waals surface area contributed by atoms with Crippen molar-refractivity contribution >= 4 is 11.3 Å². The molecule has 0 aromatic carbocycles. The largest absolute Gasteiger partial charge is 0.506 e. The first-order valence-electron chi connectivity index (χ1n) is 4.92. The van der Waals surface area contributed by atoms with Gasteiger partial charge in [-0.1, -0.05) is 19.9 Å². The van der Waals surface area contributed by atoms with Crippen LogP contribution in [0.25, 0.3) is 10.6 Å². The third-order valence-electron chi connectivity index (χ3n) is 2.31. The molecule has 3 heteroatoms. The zero-order valence-electron chi connectivity index (χ0n) is 8.77. The number of hydrogen-bond donors (Lipinski definition) is 1. The van der Waals surface area contributed by atoms with E-state index in [1.807, 2.05) is 23.6 Å². The lowest BCUT2D eigenvalue weighted by Crippen LogP contribution is -1.84. The van der Waals surface area contributed by atoms with Crippen molar-refractivity contribution in [3.8, 4) is 16.3 Å². The summed E-state index contributed by atoms with van der Waals surface area (Å²) >= 11 is 1.55. The van der Waals surface area contributed by atoms with Gasteiger partial charge < -0.3 is 5.11 Å². The normalized spacial score (nSPS) is 10.9. The molecule has 1 N–H and O–H groups in total. The van der Waals surface area contributed by atoms with E-state index in [2.05, 4.69) is 18.8 Å². The van der Waals surface area contributed by atoms with E-state index >= 15 is 0 Å². The van der Waals surface area contributed by atoms with Crippen molar-refractivity contribution in [3.05, 3.63) is 35.3 Å². The highest BCUT2D eigenvalue weighted by atomic mass is 32.1. The van der Waals surface area contributed by atoms with Crippen molar-refractivity contribution in [2.45, 2.75) is 19.8 Å². The van der Waals surface area contributed by atoms with Crippen molar-refractivity contribution in [2.24, 2.45) is 0 Å². The molecule has 2 aromatic heterocycles. The van der Waals surface area contributed by atoms with Crippen LogP contribution in [0.3, 0.4) is 0 Å². The average molecular weight is 219 g/mol. The molecule has 0 saturated carbocycles. The summed E-state index contributed by atoms with van der Waals surface area (Å²) in [6.45, 7) is 4.15. The zero-order valence-corrected chi connectivity index (χ0v) is 9.58. The molecule has 0 fully saturated rings. The van der Waals surface area contributed by atoms with E-state index in [0.717, 1.165) is 16.1 Å². The molecule has 0 aliphatic carbocycles. The summed E-state index contributed by atoms with van der Waals surface area (Å²) in [7, 11) is 0. The molecule has 0 unspecified atom stereocenters. The predicted molar refractivity (Wildman–Crippen MR) is 63.3 cm³/mol. The van der Waals surface area contributed by atoms with Gasteiger partial charge >= 0.3 is 0 Å². The molecule has 15 heavy (non-hydrogen) atoms. The van der Waals surface area contributed by atoms with E-state index in [4.69, 9.17) is 0 Å². The van der Waals surface area contributed by atoms with Gasteiger partial charge in [0.25, 0.3) is 0 Å². The molecule has 0 aliphatic heterocycles. The van der Waals surface area contributed by atoms with E-state index in [0.29, 0.717) is 11.7 Å². The molecule has 0 atom stereocenters. The minimum Gasteiger partial charge on any atom is -0.506 e. The summed E-state index contributed by atoms with van der Waals surface area (Å²) in [6, 6.07) is 5.71. The van der Waals surface area contributed by atoms with Crippen LogP contribution in [0.5, 0.6) is 5.75 Å². The summed E-state index contributed by atoms with van der Waals surface area (Å²) in [5.74, 6) is 0.729. The van der Waals surface area contributed by atoms with Gasteiger partial charge in [-0.2, -0.15) is 0 Å². The first-order valence-corrected chi connectivity index (χ1v) is 5.80. The number of rotatable bonds is 2. The quantitative estimate of drug-likeness (QED) is 0.836. The third kappa shape index (κ3) is 1.88. The van der Waals surface area contributed by atoms with Gasteiger partial charge in [0.15, 0.2) is 0 Å². The van der Waals surface area contributed by atoms with Gasteiger partial charge in [0.05, 0.1) is 10.6 Å². The van der Waals surface area contributed by atoms with Crippen molar-refractivity contribution in [1.82, 2.24) is 4.98 Å². The second kappa shape index (κ2) is 4.03. The fourth-order valence-corrected chi connectivity index (χ4v) is 2.55.